The first-order valence-corrected chi connectivity index (χ1v) is 5.78. The topological polar surface area (TPSA) is 17.1 Å². The Morgan fingerprint density at radius 1 is 1.27 bits per heavy atom. The molecule has 0 saturated heterocycles. The molecule has 1 aromatic carbocycles. The Morgan fingerprint density at radius 2 is 1.93 bits per heavy atom. The van der Waals surface area contributed by atoms with Gasteiger partial charge in [0.15, 0.2) is 0 Å². The standard InChI is InChI=1S/C14H18O/c1-14(10-11-14)13(15)9-5-8-12-6-3-2-4-7-12/h2-4,6-7H,5,8-11H2,1H3. The number of rotatable bonds is 5. The van der Waals surface area contributed by atoms with Crippen LogP contribution in [0.3, 0.4) is 0 Å². The van der Waals surface area contributed by atoms with Crippen molar-refractivity contribution in [3.63, 3.8) is 0 Å². The number of carbonyl (C=O) groups is 1. The molecule has 80 valence electrons. The van der Waals surface area contributed by atoms with E-state index in [1.54, 1.807) is 0 Å². The van der Waals surface area contributed by atoms with E-state index < -0.39 is 0 Å². The number of carbonyl (C=O) groups excluding carboxylic acids is 1. The van der Waals surface area contributed by atoms with Gasteiger partial charge in [0.05, 0.1) is 0 Å². The van der Waals surface area contributed by atoms with Crippen molar-refractivity contribution in [2.45, 2.75) is 39.0 Å². The highest BCUT2D eigenvalue weighted by molar-refractivity contribution is 5.86. The molecule has 0 aliphatic heterocycles. The maximum atomic E-state index is 11.7. The van der Waals surface area contributed by atoms with Gasteiger partial charge in [-0.05, 0) is 31.2 Å². The zero-order valence-electron chi connectivity index (χ0n) is 9.33. The van der Waals surface area contributed by atoms with Gasteiger partial charge in [0.1, 0.15) is 5.78 Å². The minimum atomic E-state index is 0.0662. The SMILES string of the molecule is CC1(C(=O)CCCc2ccccc2)CC1. The van der Waals surface area contributed by atoms with Crippen LogP contribution >= 0.6 is 0 Å². The zero-order valence-corrected chi connectivity index (χ0v) is 9.33. The molecular weight excluding hydrogens is 184 g/mol. The average Bonchev–Trinajstić information content (AvgIpc) is 2.99. The molecule has 0 heterocycles. The number of benzene rings is 1. The summed E-state index contributed by atoms with van der Waals surface area (Å²) in [5.74, 6) is 0.471. The lowest BCUT2D eigenvalue weighted by Gasteiger charge is -2.06. The lowest BCUT2D eigenvalue weighted by Crippen LogP contribution is -2.11. The van der Waals surface area contributed by atoms with Crippen LogP contribution in [0.2, 0.25) is 0 Å². The largest absolute Gasteiger partial charge is 0.299 e. The summed E-state index contributed by atoms with van der Waals surface area (Å²) < 4.78 is 0. The second-order valence-electron chi connectivity index (χ2n) is 4.82. The number of Topliss-reactive ketones (excluding diaryl/α,β-unsaturated/α-hetero) is 1. The van der Waals surface area contributed by atoms with Crippen molar-refractivity contribution in [1.29, 1.82) is 0 Å². The van der Waals surface area contributed by atoms with E-state index in [0.29, 0.717) is 5.78 Å². The van der Waals surface area contributed by atoms with Gasteiger partial charge in [0, 0.05) is 11.8 Å². The predicted octanol–water partition coefficient (Wildman–Crippen LogP) is 3.38. The third kappa shape index (κ3) is 2.68. The molecule has 0 N–H and O–H groups in total. The first kappa shape index (κ1) is 10.4. The number of hydrogen-bond donors (Lipinski definition) is 0. The summed E-state index contributed by atoms with van der Waals surface area (Å²) >= 11 is 0. The molecule has 0 radical (unpaired) electrons. The second-order valence-corrected chi connectivity index (χ2v) is 4.82. The summed E-state index contributed by atoms with van der Waals surface area (Å²) in [6.07, 6.45) is 5.00. The zero-order chi connectivity index (χ0) is 10.7. The summed E-state index contributed by atoms with van der Waals surface area (Å²) in [5.41, 5.74) is 1.41. The van der Waals surface area contributed by atoms with Crippen LogP contribution in [0, 0.1) is 5.41 Å². The van der Waals surface area contributed by atoms with Crippen molar-refractivity contribution < 1.29 is 4.79 Å². The Kier molecular flexibility index (Phi) is 2.90. The maximum absolute atomic E-state index is 11.7. The molecular formula is C14H18O. The lowest BCUT2D eigenvalue weighted by atomic mass is 9.97. The van der Waals surface area contributed by atoms with Gasteiger partial charge in [-0.2, -0.15) is 0 Å². The van der Waals surface area contributed by atoms with Crippen LogP contribution in [0.25, 0.3) is 0 Å². The fraction of sp³-hybridized carbons (Fsp3) is 0.500. The maximum Gasteiger partial charge on any atom is 0.138 e. The van der Waals surface area contributed by atoms with E-state index in [-0.39, 0.29) is 5.41 Å². The molecule has 0 spiro atoms. The van der Waals surface area contributed by atoms with E-state index >= 15 is 0 Å². The van der Waals surface area contributed by atoms with E-state index in [2.05, 4.69) is 31.2 Å². The quantitative estimate of drug-likeness (QED) is 0.715. The van der Waals surface area contributed by atoms with Crippen LogP contribution in [0.5, 0.6) is 0 Å². The van der Waals surface area contributed by atoms with E-state index in [9.17, 15) is 4.79 Å². The molecule has 1 aromatic rings. The molecule has 1 aliphatic rings. The Morgan fingerprint density at radius 3 is 2.53 bits per heavy atom. The van der Waals surface area contributed by atoms with E-state index in [0.717, 1.165) is 32.1 Å². The Bertz CT molecular complexity index is 336. The van der Waals surface area contributed by atoms with Crippen molar-refractivity contribution in [3.8, 4) is 0 Å². The second kappa shape index (κ2) is 4.18. The summed E-state index contributed by atoms with van der Waals surface area (Å²) in [6, 6.07) is 10.4. The van der Waals surface area contributed by atoms with Crippen LogP contribution in [0.15, 0.2) is 30.3 Å². The van der Waals surface area contributed by atoms with Gasteiger partial charge in [-0.3, -0.25) is 4.79 Å². The van der Waals surface area contributed by atoms with E-state index in [4.69, 9.17) is 0 Å². The molecule has 0 aromatic heterocycles. The van der Waals surface area contributed by atoms with Gasteiger partial charge in [-0.25, -0.2) is 0 Å². The molecule has 2 rings (SSSR count). The van der Waals surface area contributed by atoms with Crippen molar-refractivity contribution in [3.05, 3.63) is 35.9 Å². The van der Waals surface area contributed by atoms with Gasteiger partial charge >= 0.3 is 0 Å². The van der Waals surface area contributed by atoms with E-state index in [1.807, 2.05) is 6.07 Å². The summed E-state index contributed by atoms with van der Waals surface area (Å²) in [6.45, 7) is 2.10. The molecule has 1 nitrogen and oxygen atoms in total. The first-order chi connectivity index (χ1) is 7.21. The lowest BCUT2D eigenvalue weighted by molar-refractivity contribution is -0.123. The normalized spacial score (nSPS) is 17.4. The minimum absolute atomic E-state index is 0.0662. The molecule has 1 saturated carbocycles. The molecule has 1 heteroatoms. The predicted molar refractivity (Wildman–Crippen MR) is 61.7 cm³/mol. The van der Waals surface area contributed by atoms with Crippen molar-refractivity contribution in [2.75, 3.05) is 0 Å². The summed E-state index contributed by atoms with van der Waals surface area (Å²) in [4.78, 5) is 11.7. The number of ketones is 1. The fourth-order valence-electron chi connectivity index (χ4n) is 1.87. The van der Waals surface area contributed by atoms with Crippen molar-refractivity contribution in [1.82, 2.24) is 0 Å². The highest BCUT2D eigenvalue weighted by Crippen LogP contribution is 2.46. The van der Waals surface area contributed by atoms with Crippen LogP contribution in [-0.4, -0.2) is 5.78 Å². The smallest absolute Gasteiger partial charge is 0.138 e. The first-order valence-electron chi connectivity index (χ1n) is 5.78. The highest BCUT2D eigenvalue weighted by atomic mass is 16.1. The van der Waals surface area contributed by atoms with Gasteiger partial charge in [0.2, 0.25) is 0 Å². The van der Waals surface area contributed by atoms with E-state index in [1.165, 1.54) is 5.56 Å². The molecule has 0 atom stereocenters. The van der Waals surface area contributed by atoms with Gasteiger partial charge in [0.25, 0.3) is 0 Å². The number of hydrogen-bond acceptors (Lipinski definition) is 1. The Labute approximate surface area is 91.5 Å². The third-order valence-corrected chi connectivity index (χ3v) is 3.39. The third-order valence-electron chi connectivity index (χ3n) is 3.39. The van der Waals surface area contributed by atoms with Crippen LogP contribution in [0.4, 0.5) is 0 Å². The van der Waals surface area contributed by atoms with Crippen LogP contribution in [-0.2, 0) is 11.2 Å². The highest BCUT2D eigenvalue weighted by Gasteiger charge is 2.43. The number of aryl methyl sites for hydroxylation is 1. The van der Waals surface area contributed by atoms with Gasteiger partial charge in [-0.1, -0.05) is 37.3 Å². The monoisotopic (exact) mass is 202 g/mol. The van der Waals surface area contributed by atoms with Crippen molar-refractivity contribution in [2.24, 2.45) is 5.41 Å². The fourth-order valence-corrected chi connectivity index (χ4v) is 1.87. The molecule has 0 amide bonds. The Balaban J connectivity index is 1.73. The van der Waals surface area contributed by atoms with Crippen LogP contribution in [0.1, 0.15) is 38.2 Å². The molecule has 1 fully saturated rings. The average molecular weight is 202 g/mol. The molecule has 0 bridgehead atoms. The summed E-state index contributed by atoms with van der Waals surface area (Å²) in [7, 11) is 0. The molecule has 0 unspecified atom stereocenters. The van der Waals surface area contributed by atoms with Crippen LogP contribution < -0.4 is 0 Å². The van der Waals surface area contributed by atoms with Gasteiger partial charge in [-0.15, -0.1) is 0 Å². The minimum Gasteiger partial charge on any atom is -0.299 e. The molecule has 15 heavy (non-hydrogen) atoms. The summed E-state index contributed by atoms with van der Waals surface area (Å²) in [5, 5.41) is 0. The van der Waals surface area contributed by atoms with Crippen molar-refractivity contribution >= 4 is 5.78 Å². The van der Waals surface area contributed by atoms with Gasteiger partial charge < -0.3 is 0 Å². The Hall–Kier alpha value is -1.11. The molecule has 1 aliphatic carbocycles.